The molecule has 2 heterocycles. The largest absolute Gasteiger partial charge is 0.444 e. The van der Waals surface area contributed by atoms with Crippen molar-refractivity contribution in [1.29, 1.82) is 0 Å². The molecule has 1 aliphatic rings. The number of rotatable bonds is 4. The molecule has 2 amide bonds. The van der Waals surface area contributed by atoms with Crippen molar-refractivity contribution in [3.63, 3.8) is 0 Å². The van der Waals surface area contributed by atoms with E-state index in [2.05, 4.69) is 29.4 Å². The Labute approximate surface area is 146 Å². The van der Waals surface area contributed by atoms with Crippen molar-refractivity contribution in [2.24, 2.45) is 5.92 Å². The Bertz CT molecular complexity index is 594. The topological polar surface area (TPSA) is 84.4 Å². The average molecular weight is 354 g/mol. The fourth-order valence-electron chi connectivity index (χ4n) is 2.50. The maximum absolute atomic E-state index is 12.5. The Balaban J connectivity index is 1.98. The van der Waals surface area contributed by atoms with Gasteiger partial charge in [-0.25, -0.2) is 4.79 Å². The molecule has 0 saturated carbocycles. The molecule has 0 unspecified atom stereocenters. The van der Waals surface area contributed by atoms with Gasteiger partial charge in [-0.05, 0) is 39.5 Å². The molecule has 0 aliphatic carbocycles. The van der Waals surface area contributed by atoms with E-state index in [-0.39, 0.29) is 5.91 Å². The minimum Gasteiger partial charge on any atom is -0.444 e. The van der Waals surface area contributed by atoms with Crippen molar-refractivity contribution < 1.29 is 14.3 Å². The van der Waals surface area contributed by atoms with Gasteiger partial charge in [0.05, 0.1) is 0 Å². The third-order valence-corrected chi connectivity index (χ3v) is 4.32. The Morgan fingerprint density at radius 2 is 2.08 bits per heavy atom. The number of amides is 2. The van der Waals surface area contributed by atoms with Crippen LogP contribution >= 0.6 is 11.3 Å². The van der Waals surface area contributed by atoms with E-state index in [4.69, 9.17) is 4.74 Å². The Morgan fingerprint density at radius 3 is 2.71 bits per heavy atom. The summed E-state index contributed by atoms with van der Waals surface area (Å²) in [7, 11) is 0. The second-order valence-corrected chi connectivity index (χ2v) is 8.48. The highest BCUT2D eigenvalue weighted by Gasteiger charge is 2.36. The monoisotopic (exact) mass is 354 g/mol. The maximum Gasteiger partial charge on any atom is 0.410 e. The van der Waals surface area contributed by atoms with Gasteiger partial charge < -0.3 is 4.74 Å². The van der Waals surface area contributed by atoms with Crippen LogP contribution in [-0.4, -0.2) is 45.3 Å². The van der Waals surface area contributed by atoms with E-state index < -0.39 is 17.7 Å². The number of anilines is 1. The molecule has 0 aromatic carbocycles. The zero-order chi connectivity index (χ0) is 17.9. The minimum atomic E-state index is -0.578. The molecule has 1 atom stereocenters. The molecule has 1 aromatic heterocycles. The molecule has 0 bridgehead atoms. The van der Waals surface area contributed by atoms with Gasteiger partial charge in [0.15, 0.2) is 0 Å². The lowest BCUT2D eigenvalue weighted by Crippen LogP contribution is -2.45. The molecular formula is C16H26N4O3S. The molecule has 1 N–H and O–H groups in total. The number of nitrogens with one attached hydrogen (secondary N) is 1. The van der Waals surface area contributed by atoms with E-state index in [1.165, 1.54) is 16.2 Å². The summed E-state index contributed by atoms with van der Waals surface area (Å²) in [6.07, 6.45) is 1.80. The first-order chi connectivity index (χ1) is 11.2. The van der Waals surface area contributed by atoms with Crippen molar-refractivity contribution in [1.82, 2.24) is 15.1 Å². The second kappa shape index (κ2) is 7.46. The van der Waals surface area contributed by atoms with E-state index in [0.717, 1.165) is 17.8 Å². The molecule has 0 radical (unpaired) electrons. The lowest BCUT2D eigenvalue weighted by atomic mass is 10.1. The predicted molar refractivity (Wildman–Crippen MR) is 93.0 cm³/mol. The number of carbonyl (C=O) groups is 2. The molecule has 134 valence electrons. The highest BCUT2D eigenvalue weighted by atomic mass is 32.1. The quantitative estimate of drug-likeness (QED) is 0.898. The van der Waals surface area contributed by atoms with Gasteiger partial charge in [-0.2, -0.15) is 0 Å². The summed E-state index contributed by atoms with van der Waals surface area (Å²) < 4.78 is 5.38. The molecule has 8 heteroatoms. The predicted octanol–water partition coefficient (Wildman–Crippen LogP) is 3.07. The number of hydrogen-bond donors (Lipinski definition) is 1. The average Bonchev–Trinajstić information content (AvgIpc) is 3.05. The summed E-state index contributed by atoms with van der Waals surface area (Å²) in [6, 6.07) is -0.516. The zero-order valence-electron chi connectivity index (χ0n) is 15.0. The van der Waals surface area contributed by atoms with Gasteiger partial charge >= 0.3 is 6.09 Å². The van der Waals surface area contributed by atoms with Gasteiger partial charge in [-0.1, -0.05) is 25.2 Å². The maximum atomic E-state index is 12.5. The SMILES string of the molecule is CC(C)Cc1nnc(NC(=O)[C@H]2CCCN2C(=O)OC(C)(C)C)s1. The summed E-state index contributed by atoms with van der Waals surface area (Å²) in [6.45, 7) is 10.2. The molecular weight excluding hydrogens is 328 g/mol. The fourth-order valence-corrected chi connectivity index (χ4v) is 3.46. The molecule has 24 heavy (non-hydrogen) atoms. The van der Waals surface area contributed by atoms with Crippen LogP contribution in [0.2, 0.25) is 0 Å². The number of ether oxygens (including phenoxy) is 1. The van der Waals surface area contributed by atoms with Crippen LogP contribution in [0.5, 0.6) is 0 Å². The van der Waals surface area contributed by atoms with E-state index in [1.54, 1.807) is 0 Å². The molecule has 1 fully saturated rings. The van der Waals surface area contributed by atoms with Gasteiger partial charge in [0.2, 0.25) is 11.0 Å². The summed E-state index contributed by atoms with van der Waals surface area (Å²) >= 11 is 1.38. The third-order valence-electron chi connectivity index (χ3n) is 3.46. The normalized spacial score (nSPS) is 18.1. The second-order valence-electron chi connectivity index (χ2n) is 7.42. The standard InChI is InChI=1S/C16H26N4O3S/c1-10(2)9-12-18-19-14(24-12)17-13(21)11-7-6-8-20(11)15(22)23-16(3,4)5/h10-11H,6-9H2,1-5H3,(H,17,19,21)/t11-/m1/s1. The summed E-state index contributed by atoms with van der Waals surface area (Å²) in [4.78, 5) is 26.3. The highest BCUT2D eigenvalue weighted by Crippen LogP contribution is 2.24. The number of likely N-dealkylation sites (tertiary alicyclic amines) is 1. The summed E-state index contributed by atoms with van der Waals surface area (Å²) in [5.41, 5.74) is -0.578. The zero-order valence-corrected chi connectivity index (χ0v) is 15.8. The number of carbonyl (C=O) groups excluding carboxylic acids is 2. The molecule has 2 rings (SSSR count). The van der Waals surface area contributed by atoms with E-state index in [9.17, 15) is 9.59 Å². The van der Waals surface area contributed by atoms with Crippen LogP contribution in [0, 0.1) is 5.92 Å². The van der Waals surface area contributed by atoms with Crippen LogP contribution in [0.15, 0.2) is 0 Å². The lowest BCUT2D eigenvalue weighted by Gasteiger charge is -2.27. The smallest absolute Gasteiger partial charge is 0.410 e. The van der Waals surface area contributed by atoms with Crippen LogP contribution in [0.4, 0.5) is 9.93 Å². The first kappa shape index (κ1) is 18.6. The van der Waals surface area contributed by atoms with E-state index >= 15 is 0 Å². The summed E-state index contributed by atoms with van der Waals surface area (Å²) in [5.74, 6) is 0.254. The molecule has 7 nitrogen and oxygen atoms in total. The van der Waals surface area contributed by atoms with Crippen LogP contribution in [0.1, 0.15) is 52.5 Å². The lowest BCUT2D eigenvalue weighted by molar-refractivity contribution is -0.120. The first-order valence-electron chi connectivity index (χ1n) is 8.28. The number of hydrogen-bond acceptors (Lipinski definition) is 6. The van der Waals surface area contributed by atoms with Crippen molar-refractivity contribution in [3.8, 4) is 0 Å². The van der Waals surface area contributed by atoms with Crippen LogP contribution in [0.3, 0.4) is 0 Å². The van der Waals surface area contributed by atoms with Crippen molar-refractivity contribution in [3.05, 3.63) is 5.01 Å². The van der Waals surface area contributed by atoms with Crippen molar-refractivity contribution in [2.75, 3.05) is 11.9 Å². The van der Waals surface area contributed by atoms with Crippen LogP contribution in [-0.2, 0) is 16.0 Å². The Hall–Kier alpha value is -1.70. The van der Waals surface area contributed by atoms with Gasteiger partial charge in [-0.3, -0.25) is 15.0 Å². The molecule has 1 aromatic rings. The van der Waals surface area contributed by atoms with Crippen molar-refractivity contribution in [2.45, 2.75) is 65.5 Å². The Kier molecular flexibility index (Phi) is 5.79. The molecule has 1 aliphatic heterocycles. The van der Waals surface area contributed by atoms with Gasteiger partial charge in [0, 0.05) is 13.0 Å². The minimum absolute atomic E-state index is 0.231. The molecule has 1 saturated heterocycles. The van der Waals surface area contributed by atoms with Gasteiger partial charge in [0.25, 0.3) is 0 Å². The van der Waals surface area contributed by atoms with Crippen molar-refractivity contribution >= 4 is 28.5 Å². The fraction of sp³-hybridized carbons (Fsp3) is 0.750. The van der Waals surface area contributed by atoms with Crippen LogP contribution < -0.4 is 5.32 Å². The first-order valence-corrected chi connectivity index (χ1v) is 9.10. The third kappa shape index (κ3) is 5.15. The van der Waals surface area contributed by atoms with E-state index in [0.29, 0.717) is 24.0 Å². The molecule has 0 spiro atoms. The van der Waals surface area contributed by atoms with E-state index in [1.807, 2.05) is 20.8 Å². The Morgan fingerprint density at radius 1 is 1.38 bits per heavy atom. The summed E-state index contributed by atoms with van der Waals surface area (Å²) in [5, 5.41) is 12.3. The van der Waals surface area contributed by atoms with Crippen LogP contribution in [0.25, 0.3) is 0 Å². The van der Waals surface area contributed by atoms with Gasteiger partial charge in [-0.15, -0.1) is 10.2 Å². The number of aromatic nitrogens is 2. The highest BCUT2D eigenvalue weighted by molar-refractivity contribution is 7.15. The number of nitrogens with zero attached hydrogens (tertiary/aromatic N) is 3. The van der Waals surface area contributed by atoms with Gasteiger partial charge in [0.1, 0.15) is 16.7 Å².